The van der Waals surface area contributed by atoms with Crippen molar-refractivity contribution >= 4 is 33.1 Å². The van der Waals surface area contributed by atoms with Gasteiger partial charge in [-0.15, -0.1) is 10.2 Å². The Labute approximate surface area is 220 Å². The van der Waals surface area contributed by atoms with Crippen LogP contribution in [0.2, 0.25) is 0 Å². The van der Waals surface area contributed by atoms with Crippen LogP contribution < -0.4 is 10.6 Å². The predicted octanol–water partition coefficient (Wildman–Crippen LogP) is 5.11. The first-order chi connectivity index (χ1) is 18.2. The van der Waals surface area contributed by atoms with Gasteiger partial charge in [0.2, 0.25) is 5.89 Å². The molecule has 0 amide bonds. The van der Waals surface area contributed by atoms with Crippen LogP contribution in [0.4, 0.5) is 24.5 Å². The van der Waals surface area contributed by atoms with Crippen molar-refractivity contribution in [3.8, 4) is 11.6 Å². The topological polar surface area (TPSA) is 88.2 Å². The summed E-state index contributed by atoms with van der Waals surface area (Å²) in [6.45, 7) is 0.943. The molecule has 5 rings (SSSR count). The number of piperidine rings is 1. The van der Waals surface area contributed by atoms with E-state index in [2.05, 4.69) is 32.8 Å². The minimum absolute atomic E-state index is 0.0178. The third kappa shape index (κ3) is 6.02. The summed E-state index contributed by atoms with van der Waals surface area (Å²) < 4.78 is 59.4. The number of benzene rings is 2. The molecule has 1 saturated heterocycles. The SMILES string of the molecule is CN1CCC(Nc2cccc3c2cc(-c2nnc(CNc4ccc(S(C)=O)cc4)o2)n3CC(F)(F)F)CC1. The van der Waals surface area contributed by atoms with Crippen LogP contribution >= 0.6 is 0 Å². The molecule has 2 aromatic carbocycles. The van der Waals surface area contributed by atoms with E-state index in [0.29, 0.717) is 15.8 Å². The number of fused-ring (bicyclic) bond motifs is 1. The fourth-order valence-electron chi connectivity index (χ4n) is 4.68. The van der Waals surface area contributed by atoms with Crippen LogP contribution in [0.3, 0.4) is 0 Å². The number of halogens is 3. The molecule has 2 N–H and O–H groups in total. The maximum absolute atomic E-state index is 13.6. The highest BCUT2D eigenvalue weighted by atomic mass is 32.2. The summed E-state index contributed by atoms with van der Waals surface area (Å²) in [5, 5.41) is 15.5. The van der Waals surface area contributed by atoms with Crippen molar-refractivity contribution in [3.63, 3.8) is 0 Å². The van der Waals surface area contributed by atoms with E-state index < -0.39 is 23.5 Å². The van der Waals surface area contributed by atoms with Gasteiger partial charge in [-0.3, -0.25) is 4.21 Å². The molecule has 0 saturated carbocycles. The van der Waals surface area contributed by atoms with Crippen LogP contribution in [0, 0.1) is 0 Å². The zero-order chi connectivity index (χ0) is 26.9. The number of nitrogens with one attached hydrogen (secondary N) is 2. The lowest BCUT2D eigenvalue weighted by atomic mass is 10.0. The summed E-state index contributed by atoms with van der Waals surface area (Å²) in [5.74, 6) is 0.251. The normalized spacial score (nSPS) is 16.1. The van der Waals surface area contributed by atoms with Crippen molar-refractivity contribution in [2.24, 2.45) is 0 Å². The Bertz CT molecular complexity index is 1430. The first-order valence-corrected chi connectivity index (χ1v) is 13.9. The lowest BCUT2D eigenvalue weighted by molar-refractivity contribution is -0.139. The third-order valence-electron chi connectivity index (χ3n) is 6.68. The van der Waals surface area contributed by atoms with Gasteiger partial charge in [-0.2, -0.15) is 13.2 Å². The molecule has 38 heavy (non-hydrogen) atoms. The van der Waals surface area contributed by atoms with Gasteiger partial charge >= 0.3 is 6.18 Å². The molecule has 1 atom stereocenters. The molecule has 1 aliphatic heterocycles. The first-order valence-electron chi connectivity index (χ1n) is 12.3. The van der Waals surface area contributed by atoms with Gasteiger partial charge in [-0.1, -0.05) is 6.07 Å². The quantitative estimate of drug-likeness (QED) is 0.318. The molecule has 8 nitrogen and oxygen atoms in total. The van der Waals surface area contributed by atoms with Crippen molar-refractivity contribution < 1.29 is 21.8 Å². The number of rotatable bonds is 8. The Morgan fingerprint density at radius 1 is 1.11 bits per heavy atom. The minimum atomic E-state index is -4.43. The Hall–Kier alpha value is -3.38. The minimum Gasteiger partial charge on any atom is -0.417 e. The van der Waals surface area contributed by atoms with Crippen molar-refractivity contribution in [2.45, 2.75) is 43.0 Å². The largest absolute Gasteiger partial charge is 0.417 e. The zero-order valence-corrected chi connectivity index (χ0v) is 21.9. The van der Waals surface area contributed by atoms with Crippen molar-refractivity contribution in [2.75, 3.05) is 37.0 Å². The van der Waals surface area contributed by atoms with Gasteiger partial charge in [0.15, 0.2) is 0 Å². The Kier molecular flexibility index (Phi) is 7.44. The van der Waals surface area contributed by atoms with Gasteiger partial charge in [0.25, 0.3) is 5.89 Å². The molecule has 202 valence electrons. The summed E-state index contributed by atoms with van der Waals surface area (Å²) in [6.07, 6.45) is -0.908. The van der Waals surface area contributed by atoms with Gasteiger partial charge in [0.05, 0.1) is 12.1 Å². The molecule has 1 unspecified atom stereocenters. The number of alkyl halides is 3. The monoisotopic (exact) mass is 546 g/mol. The van der Waals surface area contributed by atoms with E-state index in [0.717, 1.165) is 37.3 Å². The third-order valence-corrected chi connectivity index (χ3v) is 7.61. The smallest absolute Gasteiger partial charge is 0.406 e. The van der Waals surface area contributed by atoms with Crippen molar-refractivity contribution in [3.05, 3.63) is 54.4 Å². The van der Waals surface area contributed by atoms with Gasteiger partial charge in [0, 0.05) is 44.8 Å². The maximum atomic E-state index is 13.6. The van der Waals surface area contributed by atoms with Crippen LogP contribution in [-0.2, 0) is 23.9 Å². The molecular formula is C26H29F3N6O2S. The standard InChI is InChI=1S/C26H29F3N6O2S/c1-34-12-10-18(11-13-34)31-21-4-3-5-22-20(21)14-23(35(22)16-26(27,28)29)25-33-32-24(37-25)15-30-17-6-8-19(9-7-17)38(2)36/h3-9,14,18,30-31H,10-13,15-16H2,1-2H3. The van der Waals surface area contributed by atoms with E-state index in [4.69, 9.17) is 4.42 Å². The number of likely N-dealkylation sites (tertiary alicyclic amines) is 1. The Morgan fingerprint density at radius 2 is 1.84 bits per heavy atom. The van der Waals surface area contributed by atoms with Crippen LogP contribution in [0.15, 0.2) is 57.8 Å². The number of anilines is 2. The molecule has 1 aliphatic rings. The lowest BCUT2D eigenvalue weighted by Gasteiger charge is -2.30. The summed E-state index contributed by atoms with van der Waals surface area (Å²) in [6, 6.07) is 14.3. The van der Waals surface area contributed by atoms with Crippen molar-refractivity contribution in [1.82, 2.24) is 19.7 Å². The predicted molar refractivity (Wildman–Crippen MR) is 142 cm³/mol. The molecule has 0 aliphatic carbocycles. The van der Waals surface area contributed by atoms with E-state index in [1.165, 1.54) is 4.57 Å². The lowest BCUT2D eigenvalue weighted by Crippen LogP contribution is -2.36. The average molecular weight is 547 g/mol. The zero-order valence-electron chi connectivity index (χ0n) is 21.1. The molecule has 1 fully saturated rings. The van der Waals surface area contributed by atoms with Gasteiger partial charge < -0.3 is 24.5 Å². The Balaban J connectivity index is 1.41. The Morgan fingerprint density at radius 3 is 2.53 bits per heavy atom. The van der Waals surface area contributed by atoms with Gasteiger partial charge in [-0.05, 0) is 75.4 Å². The summed E-state index contributed by atoms with van der Waals surface area (Å²) in [4.78, 5) is 2.97. The second kappa shape index (κ2) is 10.8. The number of nitrogens with zero attached hydrogens (tertiary/aromatic N) is 4. The molecule has 2 aromatic heterocycles. The summed E-state index contributed by atoms with van der Waals surface area (Å²) in [7, 11) is 1.01. The molecule has 12 heteroatoms. The van der Waals surface area contributed by atoms with E-state index in [1.807, 2.05) is 6.07 Å². The average Bonchev–Trinajstić information content (AvgIpc) is 3.49. The fourth-order valence-corrected chi connectivity index (χ4v) is 5.20. The number of hydrogen-bond donors (Lipinski definition) is 2. The summed E-state index contributed by atoms with van der Waals surface area (Å²) in [5.41, 5.74) is 2.21. The molecule has 0 bridgehead atoms. The van der Waals surface area contributed by atoms with E-state index in [9.17, 15) is 17.4 Å². The molecule has 0 spiro atoms. The second-order valence-electron chi connectivity index (χ2n) is 9.52. The van der Waals surface area contributed by atoms with Crippen LogP contribution in [0.1, 0.15) is 18.7 Å². The maximum Gasteiger partial charge on any atom is 0.406 e. The molecular weight excluding hydrogens is 517 g/mol. The highest BCUT2D eigenvalue weighted by Crippen LogP contribution is 2.35. The van der Waals surface area contributed by atoms with E-state index >= 15 is 0 Å². The van der Waals surface area contributed by atoms with Crippen LogP contribution in [0.25, 0.3) is 22.5 Å². The van der Waals surface area contributed by atoms with Crippen LogP contribution in [-0.4, -0.2) is 62.5 Å². The summed E-state index contributed by atoms with van der Waals surface area (Å²) >= 11 is 0. The van der Waals surface area contributed by atoms with Crippen LogP contribution in [0.5, 0.6) is 0 Å². The second-order valence-corrected chi connectivity index (χ2v) is 10.9. The number of aromatic nitrogens is 3. The number of hydrogen-bond acceptors (Lipinski definition) is 7. The molecule has 4 aromatic rings. The van der Waals surface area contributed by atoms with E-state index in [1.54, 1.807) is 48.7 Å². The molecule has 3 heterocycles. The van der Waals surface area contributed by atoms with E-state index in [-0.39, 0.29) is 30.1 Å². The highest BCUT2D eigenvalue weighted by Gasteiger charge is 2.31. The van der Waals surface area contributed by atoms with Crippen molar-refractivity contribution in [1.29, 1.82) is 0 Å². The first kappa shape index (κ1) is 26.2. The molecule has 0 radical (unpaired) electrons. The fraction of sp³-hybridized carbons (Fsp3) is 0.385. The van der Waals surface area contributed by atoms with Gasteiger partial charge in [-0.25, -0.2) is 0 Å². The van der Waals surface area contributed by atoms with Gasteiger partial charge in [0.1, 0.15) is 12.2 Å². The highest BCUT2D eigenvalue weighted by molar-refractivity contribution is 7.84.